The number of carbonyl (C=O) groups excluding carboxylic acids is 2. The van der Waals surface area contributed by atoms with E-state index in [9.17, 15) is 14.7 Å². The average Bonchev–Trinajstić information content (AvgIpc) is 3.44. The minimum absolute atomic E-state index is 0.0111. The van der Waals surface area contributed by atoms with Gasteiger partial charge in [0.2, 0.25) is 0 Å². The zero-order valence-electron chi connectivity index (χ0n) is 15.7. The Bertz CT molecular complexity index is 1050. The number of amides is 1. The van der Waals surface area contributed by atoms with Crippen LogP contribution in [0.15, 0.2) is 64.2 Å². The molecule has 0 bridgehead atoms. The number of aliphatic hydroxyl groups excluding tert-OH is 1. The molecule has 29 heavy (non-hydrogen) atoms. The Morgan fingerprint density at radius 2 is 2.00 bits per heavy atom. The van der Waals surface area contributed by atoms with E-state index >= 15 is 0 Å². The Kier molecular flexibility index (Phi) is 4.94. The molecule has 1 unspecified atom stereocenters. The van der Waals surface area contributed by atoms with Crippen molar-refractivity contribution in [2.45, 2.75) is 26.0 Å². The van der Waals surface area contributed by atoms with Crippen LogP contribution >= 0.6 is 11.3 Å². The monoisotopic (exact) mass is 410 g/mol. The van der Waals surface area contributed by atoms with Gasteiger partial charge in [0.05, 0.1) is 17.9 Å². The van der Waals surface area contributed by atoms with E-state index in [1.54, 1.807) is 48.0 Å². The van der Waals surface area contributed by atoms with E-state index in [0.717, 1.165) is 0 Å². The topological polar surface area (TPSA) is 92.9 Å². The van der Waals surface area contributed by atoms with E-state index in [4.69, 9.17) is 9.15 Å². The highest BCUT2D eigenvalue weighted by Gasteiger charge is 2.49. The second kappa shape index (κ2) is 7.56. The average molecular weight is 410 g/mol. The van der Waals surface area contributed by atoms with Crippen LogP contribution in [0.25, 0.3) is 5.76 Å². The number of nitrogens with zero attached hydrogens (tertiary/aromatic N) is 2. The lowest BCUT2D eigenvalue weighted by molar-refractivity contribution is -0.132. The van der Waals surface area contributed by atoms with Crippen molar-refractivity contribution >= 4 is 33.9 Å². The van der Waals surface area contributed by atoms with E-state index in [0.29, 0.717) is 22.2 Å². The van der Waals surface area contributed by atoms with Gasteiger partial charge in [0.15, 0.2) is 5.13 Å². The summed E-state index contributed by atoms with van der Waals surface area (Å²) >= 11 is 1.22. The molecular formula is C21H18N2O5S. The first-order valence-corrected chi connectivity index (χ1v) is 9.86. The molecule has 1 amide bonds. The first-order valence-electron chi connectivity index (χ1n) is 8.98. The third-order valence-corrected chi connectivity index (χ3v) is 5.15. The Hall–Kier alpha value is -3.39. The molecule has 1 N–H and O–H groups in total. The van der Waals surface area contributed by atoms with Crippen molar-refractivity contribution < 1.29 is 23.8 Å². The number of aliphatic hydroxyl groups is 1. The van der Waals surface area contributed by atoms with Crippen LogP contribution in [0.2, 0.25) is 0 Å². The van der Waals surface area contributed by atoms with Gasteiger partial charge in [0, 0.05) is 17.1 Å². The lowest BCUT2D eigenvalue weighted by Crippen LogP contribution is -2.29. The van der Waals surface area contributed by atoms with Gasteiger partial charge in [-0.05, 0) is 50.2 Å². The summed E-state index contributed by atoms with van der Waals surface area (Å²) in [5.41, 5.74) is 0.354. The highest BCUT2D eigenvalue weighted by molar-refractivity contribution is 7.14. The Morgan fingerprint density at radius 3 is 2.59 bits per heavy atom. The fraction of sp³-hybridized carbons (Fsp3) is 0.190. The van der Waals surface area contributed by atoms with Gasteiger partial charge < -0.3 is 14.3 Å². The Balaban J connectivity index is 1.81. The molecule has 1 aliphatic heterocycles. The van der Waals surface area contributed by atoms with Gasteiger partial charge in [0.25, 0.3) is 5.78 Å². The highest BCUT2D eigenvalue weighted by atomic mass is 32.1. The summed E-state index contributed by atoms with van der Waals surface area (Å²) in [6, 6.07) is 9.11. The number of thiazole rings is 1. The molecule has 7 nitrogen and oxygen atoms in total. The SMILES string of the molecule is CC(C)Oc1ccc(/C(O)=C2/C(=O)C(=O)N(c3nccs3)C2c2ccco2)cc1. The van der Waals surface area contributed by atoms with Crippen LogP contribution in [0.1, 0.15) is 31.2 Å². The van der Waals surface area contributed by atoms with Crippen LogP contribution in [0.5, 0.6) is 5.75 Å². The van der Waals surface area contributed by atoms with Gasteiger partial charge in [-0.1, -0.05) is 0 Å². The molecule has 2 aromatic heterocycles. The molecule has 1 atom stereocenters. The smallest absolute Gasteiger partial charge is 0.302 e. The third kappa shape index (κ3) is 3.42. The van der Waals surface area contributed by atoms with E-state index in [1.807, 2.05) is 13.8 Å². The number of benzene rings is 1. The predicted molar refractivity (Wildman–Crippen MR) is 108 cm³/mol. The molecule has 8 heteroatoms. The van der Waals surface area contributed by atoms with Crippen molar-refractivity contribution in [2.24, 2.45) is 0 Å². The van der Waals surface area contributed by atoms with Gasteiger partial charge >= 0.3 is 5.91 Å². The molecule has 1 aliphatic rings. The van der Waals surface area contributed by atoms with Gasteiger partial charge in [-0.2, -0.15) is 0 Å². The van der Waals surface area contributed by atoms with Crippen molar-refractivity contribution in [2.75, 3.05) is 4.90 Å². The fourth-order valence-electron chi connectivity index (χ4n) is 3.20. The maximum absolute atomic E-state index is 12.8. The zero-order chi connectivity index (χ0) is 20.5. The summed E-state index contributed by atoms with van der Waals surface area (Å²) in [7, 11) is 0. The Labute approximate surface area is 170 Å². The van der Waals surface area contributed by atoms with Crippen LogP contribution in [0, 0.1) is 0 Å². The molecule has 0 spiro atoms. The standard InChI is InChI=1S/C21H18N2O5S/c1-12(2)28-14-7-5-13(6-8-14)18(24)16-17(15-4-3-10-27-15)23(20(26)19(16)25)21-22-9-11-29-21/h3-12,17,24H,1-2H3/b18-16-. The van der Waals surface area contributed by atoms with Crippen LogP contribution in [-0.2, 0) is 9.59 Å². The van der Waals surface area contributed by atoms with Crippen LogP contribution in [-0.4, -0.2) is 27.9 Å². The maximum Gasteiger partial charge on any atom is 0.302 e. The quantitative estimate of drug-likeness (QED) is 0.386. The first kappa shape index (κ1) is 18.9. The van der Waals surface area contributed by atoms with Gasteiger partial charge in [-0.15, -0.1) is 11.3 Å². The molecule has 1 aromatic carbocycles. The molecule has 148 valence electrons. The summed E-state index contributed by atoms with van der Waals surface area (Å²) in [6.07, 6.45) is 3.01. The predicted octanol–water partition coefficient (Wildman–Crippen LogP) is 4.15. The van der Waals surface area contributed by atoms with Crippen molar-refractivity contribution in [3.05, 3.63) is 71.1 Å². The number of furan rings is 1. The second-order valence-corrected chi connectivity index (χ2v) is 7.56. The highest BCUT2D eigenvalue weighted by Crippen LogP contribution is 2.42. The van der Waals surface area contributed by atoms with E-state index in [1.165, 1.54) is 22.5 Å². The molecular weight excluding hydrogens is 392 g/mol. The molecule has 3 aromatic rings. The second-order valence-electron chi connectivity index (χ2n) is 6.69. The lowest BCUT2D eigenvalue weighted by atomic mass is 9.99. The lowest BCUT2D eigenvalue weighted by Gasteiger charge is -2.20. The van der Waals surface area contributed by atoms with Crippen LogP contribution in [0.3, 0.4) is 0 Å². The molecule has 0 radical (unpaired) electrons. The van der Waals surface area contributed by atoms with E-state index in [2.05, 4.69) is 4.98 Å². The largest absolute Gasteiger partial charge is 0.507 e. The number of Topliss-reactive ketones (excluding diaryl/α,β-unsaturated/α-hetero) is 1. The third-order valence-electron chi connectivity index (χ3n) is 4.38. The number of rotatable bonds is 5. The number of aromatic nitrogens is 1. The molecule has 1 fully saturated rings. The molecule has 1 saturated heterocycles. The molecule has 0 saturated carbocycles. The maximum atomic E-state index is 12.8. The fourth-order valence-corrected chi connectivity index (χ4v) is 3.87. The van der Waals surface area contributed by atoms with Gasteiger partial charge in [-0.3, -0.25) is 14.5 Å². The molecule has 4 rings (SSSR count). The molecule has 3 heterocycles. The molecule has 0 aliphatic carbocycles. The summed E-state index contributed by atoms with van der Waals surface area (Å²) in [5.74, 6) is -0.827. The first-order chi connectivity index (χ1) is 14.0. The number of carbonyl (C=O) groups is 2. The number of anilines is 1. The number of ether oxygens (including phenoxy) is 1. The van der Waals surface area contributed by atoms with E-state index in [-0.39, 0.29) is 17.4 Å². The van der Waals surface area contributed by atoms with Gasteiger partial charge in [-0.25, -0.2) is 4.98 Å². The van der Waals surface area contributed by atoms with Gasteiger partial charge in [0.1, 0.15) is 23.3 Å². The zero-order valence-corrected chi connectivity index (χ0v) is 16.6. The number of hydrogen-bond donors (Lipinski definition) is 1. The number of hydrogen-bond acceptors (Lipinski definition) is 7. The summed E-state index contributed by atoms with van der Waals surface area (Å²) in [6.45, 7) is 3.83. The summed E-state index contributed by atoms with van der Waals surface area (Å²) < 4.78 is 11.1. The Morgan fingerprint density at radius 1 is 1.24 bits per heavy atom. The minimum Gasteiger partial charge on any atom is -0.507 e. The van der Waals surface area contributed by atoms with E-state index < -0.39 is 17.7 Å². The van der Waals surface area contributed by atoms with Crippen molar-refractivity contribution in [3.63, 3.8) is 0 Å². The van der Waals surface area contributed by atoms with Crippen molar-refractivity contribution in [3.8, 4) is 5.75 Å². The number of ketones is 1. The van der Waals surface area contributed by atoms with Crippen molar-refractivity contribution in [1.29, 1.82) is 0 Å². The van der Waals surface area contributed by atoms with Crippen LogP contribution in [0.4, 0.5) is 5.13 Å². The summed E-state index contributed by atoms with van der Waals surface area (Å²) in [5, 5.41) is 13.0. The van der Waals surface area contributed by atoms with Crippen LogP contribution < -0.4 is 9.64 Å². The summed E-state index contributed by atoms with van der Waals surface area (Å²) in [4.78, 5) is 31.0. The normalized spacial score (nSPS) is 18.6. The van der Waals surface area contributed by atoms with Crippen molar-refractivity contribution in [1.82, 2.24) is 4.98 Å². The minimum atomic E-state index is -0.900.